The smallest absolute Gasteiger partial charge is 0.362 e. The van der Waals surface area contributed by atoms with Crippen LogP contribution in [0.1, 0.15) is 274 Å². The lowest BCUT2D eigenvalue weighted by atomic mass is 10.0. The standard InChI is InChI=1S/C66H122N2O14.2CH4.2ClH/c1-9-13-33-45-59(81-65(75)55-67(5,6)49-53-79-61(71)41-11-3)57(69)43-35-27-21-15-17-23-29-37-47-63(73)77-51-39-31-25-19-20-26-32-40-52-78-64(74)48-38-30-24-18-16-22-28-36-44-58(70)60(46-34-14-10-2)82-66(76)56-68(7,8)50-54-80-62(72)42-12-4;;;;/h27-28,35-36,57-60,69-70H,9-26,29-34,37-56H2,1-8H3;2*1H4;2*1H/q+2;;;;/p-2/b35-27-,36-28-;;;;. The van der Waals surface area contributed by atoms with Crippen molar-refractivity contribution < 1.29 is 101 Å². The molecule has 0 aromatic rings. The molecule has 86 heavy (non-hydrogen) atoms. The largest absolute Gasteiger partial charge is 1.00 e. The first-order chi connectivity index (χ1) is 39.4. The summed E-state index contributed by atoms with van der Waals surface area (Å²) in [7, 11) is 7.61. The third-order valence-electron chi connectivity index (χ3n) is 14.7. The van der Waals surface area contributed by atoms with Gasteiger partial charge in [0, 0.05) is 25.7 Å². The van der Waals surface area contributed by atoms with E-state index in [2.05, 4.69) is 26.0 Å². The van der Waals surface area contributed by atoms with Gasteiger partial charge in [-0.2, -0.15) is 0 Å². The highest BCUT2D eigenvalue weighted by Crippen LogP contribution is 2.19. The minimum absolute atomic E-state index is 0. The van der Waals surface area contributed by atoms with Crippen molar-refractivity contribution in [2.45, 2.75) is 298 Å². The van der Waals surface area contributed by atoms with E-state index in [0.717, 1.165) is 180 Å². The lowest BCUT2D eigenvalue weighted by Crippen LogP contribution is -3.00. The fourth-order valence-electron chi connectivity index (χ4n) is 9.40. The molecule has 0 aliphatic rings. The lowest BCUT2D eigenvalue weighted by molar-refractivity contribution is -0.883. The number of ether oxygens (including phenoxy) is 6. The first kappa shape index (κ1) is 91.5. The summed E-state index contributed by atoms with van der Waals surface area (Å²) in [6, 6.07) is 0. The van der Waals surface area contributed by atoms with Crippen LogP contribution in [0.2, 0.25) is 0 Å². The van der Waals surface area contributed by atoms with E-state index in [1.54, 1.807) is 0 Å². The molecule has 2 N–H and O–H groups in total. The van der Waals surface area contributed by atoms with E-state index in [1.165, 1.54) is 0 Å². The van der Waals surface area contributed by atoms with E-state index in [9.17, 15) is 39.0 Å². The molecular formula is C68H130Cl2N2O14. The number of aliphatic hydroxyl groups excluding tert-OH is 2. The number of aliphatic hydroxyl groups is 2. The molecule has 16 nitrogen and oxygen atoms in total. The number of unbranched alkanes of at least 4 members (excludes halogenated alkanes) is 21. The zero-order valence-corrected chi connectivity index (χ0v) is 55.7. The van der Waals surface area contributed by atoms with Gasteiger partial charge in [0.25, 0.3) is 0 Å². The Kier molecular flexibility index (Phi) is 65.9. The third kappa shape index (κ3) is 58.4. The first-order valence-electron chi connectivity index (χ1n) is 32.7. The number of carbonyl (C=O) groups excluding carboxylic acids is 6. The molecule has 0 aliphatic carbocycles. The monoisotopic (exact) mass is 1270 g/mol. The summed E-state index contributed by atoms with van der Waals surface area (Å²) in [5, 5.41) is 21.9. The van der Waals surface area contributed by atoms with Crippen molar-refractivity contribution in [1.29, 1.82) is 0 Å². The summed E-state index contributed by atoms with van der Waals surface area (Å²) in [5.74, 6) is -1.38. The van der Waals surface area contributed by atoms with E-state index >= 15 is 0 Å². The predicted molar refractivity (Wildman–Crippen MR) is 340 cm³/mol. The number of hydrogen-bond donors (Lipinski definition) is 2. The van der Waals surface area contributed by atoms with Gasteiger partial charge in [-0.25, -0.2) is 9.59 Å². The van der Waals surface area contributed by atoms with Gasteiger partial charge in [0.05, 0.1) is 53.6 Å². The fourth-order valence-corrected chi connectivity index (χ4v) is 9.40. The molecule has 0 saturated carbocycles. The molecular weight excluding hydrogens is 1140 g/mol. The molecule has 0 aliphatic heterocycles. The summed E-state index contributed by atoms with van der Waals surface area (Å²) >= 11 is 0. The Labute approximate surface area is 537 Å². The number of esters is 6. The molecule has 510 valence electrons. The van der Waals surface area contributed by atoms with E-state index in [1.807, 2.05) is 54.2 Å². The van der Waals surface area contributed by atoms with Crippen molar-refractivity contribution in [2.24, 2.45) is 0 Å². The van der Waals surface area contributed by atoms with Gasteiger partial charge in [-0.15, -0.1) is 0 Å². The second-order valence-electron chi connectivity index (χ2n) is 24.1. The number of hydrogen-bond acceptors (Lipinski definition) is 14. The second-order valence-corrected chi connectivity index (χ2v) is 24.1. The highest BCUT2D eigenvalue weighted by molar-refractivity contribution is 5.72. The molecule has 0 fully saturated rings. The number of rotatable bonds is 57. The van der Waals surface area contributed by atoms with Crippen LogP contribution < -0.4 is 24.8 Å². The molecule has 0 bridgehead atoms. The minimum Gasteiger partial charge on any atom is -1.00 e. The van der Waals surface area contributed by atoms with Gasteiger partial charge < -0.3 is 72.4 Å². The predicted octanol–water partition coefficient (Wildman–Crippen LogP) is 8.37. The molecule has 4 unspecified atom stereocenters. The van der Waals surface area contributed by atoms with Gasteiger partial charge in [-0.1, -0.05) is 170 Å². The van der Waals surface area contributed by atoms with Crippen molar-refractivity contribution in [3.05, 3.63) is 24.3 Å². The molecule has 0 aromatic heterocycles. The van der Waals surface area contributed by atoms with Crippen molar-refractivity contribution in [3.63, 3.8) is 0 Å². The maximum Gasteiger partial charge on any atom is 0.362 e. The zero-order chi connectivity index (χ0) is 61.0. The Balaban J connectivity index is -0.00000547. The molecule has 18 heteroatoms. The maximum absolute atomic E-state index is 12.9. The molecule has 0 aromatic carbocycles. The van der Waals surface area contributed by atoms with Gasteiger partial charge in [-0.05, 0) is 103 Å². The van der Waals surface area contributed by atoms with Gasteiger partial charge in [0.15, 0.2) is 13.1 Å². The van der Waals surface area contributed by atoms with Crippen LogP contribution in [-0.4, -0.2) is 160 Å². The van der Waals surface area contributed by atoms with Crippen LogP contribution >= 0.6 is 0 Å². The summed E-state index contributed by atoms with van der Waals surface area (Å²) in [6.07, 6.45) is 37.0. The molecule has 0 rings (SSSR count). The Bertz CT molecular complexity index is 1580. The third-order valence-corrected chi connectivity index (χ3v) is 14.7. The number of halogens is 2. The van der Waals surface area contributed by atoms with Gasteiger partial charge >= 0.3 is 35.8 Å². The average Bonchev–Trinajstić information content (AvgIpc) is 3.62. The van der Waals surface area contributed by atoms with E-state index < -0.39 is 24.4 Å². The topological polar surface area (TPSA) is 198 Å². The average molecular weight is 1270 g/mol. The van der Waals surface area contributed by atoms with E-state index in [-0.39, 0.29) is 102 Å². The van der Waals surface area contributed by atoms with Crippen LogP contribution in [0.25, 0.3) is 0 Å². The summed E-state index contributed by atoms with van der Waals surface area (Å²) in [4.78, 5) is 73.6. The molecule has 0 saturated heterocycles. The van der Waals surface area contributed by atoms with Crippen molar-refractivity contribution >= 4 is 35.8 Å². The molecule has 0 heterocycles. The number of carbonyl (C=O) groups is 6. The summed E-state index contributed by atoms with van der Waals surface area (Å²) < 4.78 is 33.8. The van der Waals surface area contributed by atoms with Gasteiger partial charge in [0.2, 0.25) is 0 Å². The lowest BCUT2D eigenvalue weighted by Gasteiger charge is -2.30. The van der Waals surface area contributed by atoms with Gasteiger partial charge in [-0.3, -0.25) is 19.2 Å². The number of nitrogens with zero attached hydrogens (tertiary/aromatic N) is 2. The van der Waals surface area contributed by atoms with E-state index in [4.69, 9.17) is 28.4 Å². The number of quaternary nitrogens is 2. The van der Waals surface area contributed by atoms with Crippen LogP contribution in [0.15, 0.2) is 24.3 Å². The molecule has 4 atom stereocenters. The van der Waals surface area contributed by atoms with Gasteiger partial charge in [0.1, 0.15) is 38.5 Å². The number of likely N-dealkylation sites (N-methyl/N-ethyl adjacent to an activating group) is 2. The quantitative estimate of drug-likeness (QED) is 0.0194. The zero-order valence-electron chi connectivity index (χ0n) is 54.2. The highest BCUT2D eigenvalue weighted by atomic mass is 35.5. The second kappa shape index (κ2) is 61.9. The molecule has 0 spiro atoms. The van der Waals surface area contributed by atoms with Crippen LogP contribution in [0.3, 0.4) is 0 Å². The van der Waals surface area contributed by atoms with Crippen LogP contribution in [-0.2, 0) is 57.2 Å². The Morgan fingerprint density at radius 1 is 0.360 bits per heavy atom. The SMILES string of the molecule is C.C.CCCCCC(OC(=O)C[N+](C)(C)CCOC(=O)CCC)C(O)C/C=C\CCCCCCCC(=O)OCCCCCCCCCCOC(=O)CCCCCCC/C=C\CC(O)C(CCCCC)OC(=O)C[N+](C)(C)CCOC(=O)CCC.[Cl-].[Cl-]. The maximum atomic E-state index is 12.9. The first-order valence-corrected chi connectivity index (χ1v) is 32.7. The highest BCUT2D eigenvalue weighted by Gasteiger charge is 2.29. The Morgan fingerprint density at radius 2 is 0.663 bits per heavy atom. The molecule has 0 radical (unpaired) electrons. The fraction of sp³-hybridized carbons (Fsp3) is 0.853. The van der Waals surface area contributed by atoms with Crippen LogP contribution in [0.4, 0.5) is 0 Å². The van der Waals surface area contributed by atoms with Crippen molar-refractivity contribution in [1.82, 2.24) is 0 Å². The Morgan fingerprint density at radius 3 is 1.00 bits per heavy atom. The van der Waals surface area contributed by atoms with Crippen molar-refractivity contribution in [3.8, 4) is 0 Å². The molecule has 0 amide bonds. The minimum atomic E-state index is -0.767. The van der Waals surface area contributed by atoms with E-state index in [0.29, 0.717) is 86.6 Å². The Hall–Kier alpha value is -3.28. The number of allylic oxidation sites excluding steroid dienone is 2. The van der Waals surface area contributed by atoms with Crippen LogP contribution in [0, 0.1) is 0 Å². The summed E-state index contributed by atoms with van der Waals surface area (Å²) in [6.45, 7) is 10.8. The van der Waals surface area contributed by atoms with Crippen molar-refractivity contribution in [2.75, 3.05) is 80.8 Å². The van der Waals surface area contributed by atoms with Crippen LogP contribution in [0.5, 0.6) is 0 Å². The normalized spacial score (nSPS) is 12.8. The summed E-state index contributed by atoms with van der Waals surface area (Å²) in [5.41, 5.74) is 0.